The lowest BCUT2D eigenvalue weighted by Gasteiger charge is -2.25. The third kappa shape index (κ3) is 16.6. The lowest BCUT2D eigenvalue weighted by Crippen LogP contribution is -2.37. The number of alkyl halides is 1. The summed E-state index contributed by atoms with van der Waals surface area (Å²) in [5.74, 6) is 1.56. The van der Waals surface area contributed by atoms with Crippen LogP contribution in [-0.2, 0) is 23.8 Å². The standard InChI is InChI=1S/C13H19NO4.C5H7BrO2/c1-6-9-14(10-7-8-11(15)17-5)12(16)18-13(2,3)4;1-8-5(7)3-2-4-6/h1,7-8H,9-10H2,2-5H3;2-3H,4H2,1H3/b8-7+;3-2+. The number of esters is 2. The van der Waals surface area contributed by atoms with Crippen molar-refractivity contribution in [2.24, 2.45) is 0 Å². The number of methoxy groups -OCH3 is 2. The van der Waals surface area contributed by atoms with Crippen molar-refractivity contribution < 1.29 is 28.6 Å². The van der Waals surface area contributed by atoms with Crippen LogP contribution >= 0.6 is 15.9 Å². The molecule has 0 aromatic rings. The van der Waals surface area contributed by atoms with Crippen LogP contribution in [-0.4, -0.2) is 61.2 Å². The molecule has 0 bridgehead atoms. The summed E-state index contributed by atoms with van der Waals surface area (Å²) in [5, 5.41) is 0.683. The smallest absolute Gasteiger partial charge is 0.411 e. The van der Waals surface area contributed by atoms with E-state index in [2.05, 4.69) is 31.3 Å². The number of nitrogens with zero attached hydrogens (tertiary/aromatic N) is 1. The number of amides is 1. The van der Waals surface area contributed by atoms with Gasteiger partial charge in [0, 0.05) is 24.0 Å². The maximum Gasteiger partial charge on any atom is 0.411 e. The second kappa shape index (κ2) is 15.0. The molecule has 26 heavy (non-hydrogen) atoms. The van der Waals surface area contributed by atoms with Crippen molar-refractivity contribution in [3.8, 4) is 12.3 Å². The van der Waals surface area contributed by atoms with Crippen LogP contribution in [0.4, 0.5) is 4.79 Å². The van der Waals surface area contributed by atoms with Crippen LogP contribution < -0.4 is 0 Å². The molecule has 0 heterocycles. The van der Waals surface area contributed by atoms with Gasteiger partial charge in [-0.25, -0.2) is 14.4 Å². The van der Waals surface area contributed by atoms with Crippen molar-refractivity contribution >= 4 is 34.0 Å². The van der Waals surface area contributed by atoms with E-state index in [0.717, 1.165) is 0 Å². The van der Waals surface area contributed by atoms with Gasteiger partial charge < -0.3 is 14.2 Å². The highest BCUT2D eigenvalue weighted by Crippen LogP contribution is 2.09. The molecule has 0 aromatic carbocycles. The molecule has 0 aliphatic heterocycles. The summed E-state index contributed by atoms with van der Waals surface area (Å²) in [5.41, 5.74) is -0.587. The van der Waals surface area contributed by atoms with Crippen LogP contribution in [0.3, 0.4) is 0 Å². The van der Waals surface area contributed by atoms with E-state index in [9.17, 15) is 14.4 Å². The topological polar surface area (TPSA) is 82.1 Å². The lowest BCUT2D eigenvalue weighted by atomic mass is 10.2. The van der Waals surface area contributed by atoms with Crippen molar-refractivity contribution in [3.05, 3.63) is 24.3 Å². The van der Waals surface area contributed by atoms with E-state index in [1.165, 1.54) is 37.3 Å². The maximum atomic E-state index is 11.8. The first kappa shape index (κ1) is 26.0. The number of rotatable bonds is 6. The van der Waals surface area contributed by atoms with E-state index in [1.54, 1.807) is 26.8 Å². The molecule has 0 atom stereocenters. The van der Waals surface area contributed by atoms with Crippen LogP contribution in [0.15, 0.2) is 24.3 Å². The molecular formula is C18H26BrNO6. The molecule has 0 unspecified atom stereocenters. The average Bonchev–Trinajstić information content (AvgIpc) is 2.57. The summed E-state index contributed by atoms with van der Waals surface area (Å²) in [6.45, 7) is 5.60. The minimum atomic E-state index is -0.587. The fourth-order valence-corrected chi connectivity index (χ4v) is 1.38. The van der Waals surface area contributed by atoms with Crippen LogP contribution in [0.1, 0.15) is 20.8 Å². The fraction of sp³-hybridized carbons (Fsp3) is 0.500. The predicted molar refractivity (Wildman–Crippen MR) is 103 cm³/mol. The van der Waals surface area contributed by atoms with Gasteiger partial charge in [-0.3, -0.25) is 4.90 Å². The number of halogens is 1. The van der Waals surface area contributed by atoms with Gasteiger partial charge in [-0.05, 0) is 20.8 Å². The van der Waals surface area contributed by atoms with E-state index in [1.807, 2.05) is 0 Å². The van der Waals surface area contributed by atoms with Crippen LogP contribution in [0.2, 0.25) is 0 Å². The van der Waals surface area contributed by atoms with Gasteiger partial charge in [0.25, 0.3) is 0 Å². The maximum absolute atomic E-state index is 11.8. The highest BCUT2D eigenvalue weighted by Gasteiger charge is 2.20. The van der Waals surface area contributed by atoms with Gasteiger partial charge in [0.15, 0.2) is 0 Å². The minimum Gasteiger partial charge on any atom is -0.466 e. The summed E-state index contributed by atoms with van der Waals surface area (Å²) in [4.78, 5) is 34.2. The molecule has 1 amide bonds. The number of carbonyl (C=O) groups is 3. The van der Waals surface area contributed by atoms with Gasteiger partial charge in [0.1, 0.15) is 5.60 Å². The number of ether oxygens (including phenoxy) is 3. The highest BCUT2D eigenvalue weighted by molar-refractivity contribution is 9.09. The zero-order chi connectivity index (χ0) is 20.6. The van der Waals surface area contributed by atoms with Gasteiger partial charge in [0.05, 0.1) is 20.8 Å². The second-order valence-corrected chi connectivity index (χ2v) is 6.22. The molecule has 0 saturated carbocycles. The van der Waals surface area contributed by atoms with Crippen molar-refractivity contribution in [1.29, 1.82) is 0 Å². The monoisotopic (exact) mass is 431 g/mol. The van der Waals surface area contributed by atoms with Crippen molar-refractivity contribution in [3.63, 3.8) is 0 Å². The Kier molecular flexibility index (Phi) is 15.0. The first-order valence-corrected chi connectivity index (χ1v) is 8.69. The summed E-state index contributed by atoms with van der Waals surface area (Å²) in [7, 11) is 2.63. The number of allylic oxidation sites excluding steroid dienone is 1. The number of hydrogen-bond acceptors (Lipinski definition) is 6. The Balaban J connectivity index is 0. The van der Waals surface area contributed by atoms with Crippen LogP contribution in [0.25, 0.3) is 0 Å². The normalized spacial score (nSPS) is 10.5. The summed E-state index contributed by atoms with van der Waals surface area (Å²) in [6.07, 6.45) is 10.4. The molecule has 0 rings (SSSR count). The number of terminal acetylenes is 1. The molecule has 8 heteroatoms. The first-order valence-electron chi connectivity index (χ1n) is 7.57. The highest BCUT2D eigenvalue weighted by atomic mass is 79.9. The van der Waals surface area contributed by atoms with E-state index in [4.69, 9.17) is 11.2 Å². The van der Waals surface area contributed by atoms with Gasteiger partial charge in [0.2, 0.25) is 0 Å². The summed E-state index contributed by atoms with van der Waals surface area (Å²) in [6, 6.07) is 0. The van der Waals surface area contributed by atoms with Gasteiger partial charge >= 0.3 is 18.0 Å². The molecule has 7 nitrogen and oxygen atoms in total. The van der Waals surface area contributed by atoms with Crippen molar-refractivity contribution in [2.75, 3.05) is 32.6 Å². The van der Waals surface area contributed by atoms with E-state index in [0.29, 0.717) is 5.33 Å². The van der Waals surface area contributed by atoms with E-state index < -0.39 is 17.7 Å². The van der Waals surface area contributed by atoms with Gasteiger partial charge in [-0.1, -0.05) is 34.0 Å². The fourth-order valence-electron chi connectivity index (χ4n) is 1.19. The Morgan fingerprint density at radius 3 is 1.96 bits per heavy atom. The third-order valence-corrected chi connectivity index (χ3v) is 2.63. The van der Waals surface area contributed by atoms with E-state index >= 15 is 0 Å². The lowest BCUT2D eigenvalue weighted by molar-refractivity contribution is -0.135. The molecule has 0 fully saturated rings. The minimum absolute atomic E-state index is 0.112. The van der Waals surface area contributed by atoms with Gasteiger partial charge in [-0.15, -0.1) is 6.42 Å². The Morgan fingerprint density at radius 1 is 1.08 bits per heavy atom. The Labute approximate surface area is 163 Å². The Morgan fingerprint density at radius 2 is 1.58 bits per heavy atom. The Hall–Kier alpha value is -2.27. The molecule has 0 aromatic heterocycles. The van der Waals surface area contributed by atoms with Crippen LogP contribution in [0.5, 0.6) is 0 Å². The summed E-state index contributed by atoms with van der Waals surface area (Å²) >= 11 is 3.11. The summed E-state index contributed by atoms with van der Waals surface area (Å²) < 4.78 is 13.9. The first-order chi connectivity index (χ1) is 12.1. The third-order valence-electron chi connectivity index (χ3n) is 2.26. The SMILES string of the molecule is C#CCN(C/C=C/C(=O)OC)C(=O)OC(C)(C)C.COC(=O)/C=C/CBr. The molecule has 0 aliphatic rings. The Bertz CT molecular complexity index is 543. The molecule has 0 radical (unpaired) electrons. The van der Waals surface area contributed by atoms with Gasteiger partial charge in [-0.2, -0.15) is 0 Å². The quantitative estimate of drug-likeness (QED) is 0.211. The molecule has 0 saturated heterocycles. The van der Waals surface area contributed by atoms with Crippen molar-refractivity contribution in [2.45, 2.75) is 26.4 Å². The zero-order valence-electron chi connectivity index (χ0n) is 15.8. The molecular weight excluding hydrogens is 406 g/mol. The average molecular weight is 432 g/mol. The number of carbonyl (C=O) groups excluding carboxylic acids is 3. The predicted octanol–water partition coefficient (Wildman–Crippen LogP) is 2.70. The van der Waals surface area contributed by atoms with E-state index in [-0.39, 0.29) is 19.1 Å². The number of hydrogen-bond donors (Lipinski definition) is 0. The molecule has 0 N–H and O–H groups in total. The molecule has 0 aliphatic carbocycles. The molecule has 0 spiro atoms. The van der Waals surface area contributed by atoms with Crippen LogP contribution in [0, 0.1) is 12.3 Å². The second-order valence-electron chi connectivity index (χ2n) is 5.57. The van der Waals surface area contributed by atoms with Crippen molar-refractivity contribution in [1.82, 2.24) is 4.90 Å². The zero-order valence-corrected chi connectivity index (χ0v) is 17.4. The molecule has 146 valence electrons. The largest absolute Gasteiger partial charge is 0.466 e.